The van der Waals surface area contributed by atoms with Gasteiger partial charge in [-0.25, -0.2) is 0 Å². The third-order valence-electron chi connectivity index (χ3n) is 3.10. The molecule has 4 heteroatoms. The van der Waals surface area contributed by atoms with Crippen molar-refractivity contribution in [3.8, 4) is 0 Å². The number of amides is 1. The van der Waals surface area contributed by atoms with Gasteiger partial charge in [-0.1, -0.05) is 6.42 Å². The number of nitrogens with zero attached hydrogens (tertiary/aromatic N) is 2. The Kier molecular flexibility index (Phi) is 6.08. The molecular weight excluding hydrogens is 204 g/mol. The number of rotatable bonds is 6. The second-order valence-corrected chi connectivity index (χ2v) is 4.42. The van der Waals surface area contributed by atoms with Crippen LogP contribution in [-0.2, 0) is 9.59 Å². The molecule has 1 saturated heterocycles. The Bertz CT molecular complexity index is 225. The Morgan fingerprint density at radius 2 is 2.00 bits per heavy atom. The van der Waals surface area contributed by atoms with Crippen LogP contribution in [0.1, 0.15) is 32.1 Å². The number of hydrogen-bond donors (Lipinski definition) is 0. The molecule has 0 N–H and O–H groups in total. The minimum absolute atomic E-state index is 0.0732. The largest absolute Gasteiger partial charge is 0.344 e. The van der Waals surface area contributed by atoms with Gasteiger partial charge in [-0.3, -0.25) is 4.79 Å². The van der Waals surface area contributed by atoms with Gasteiger partial charge in [0, 0.05) is 33.0 Å². The highest BCUT2D eigenvalue weighted by Gasteiger charge is 2.12. The molecule has 1 fully saturated rings. The number of likely N-dealkylation sites (tertiary alicyclic amines) is 1. The Hall–Kier alpha value is -0.900. The summed E-state index contributed by atoms with van der Waals surface area (Å²) in [7, 11) is 1.82. The van der Waals surface area contributed by atoms with E-state index in [1.54, 1.807) is 4.90 Å². The van der Waals surface area contributed by atoms with E-state index in [0.29, 0.717) is 12.8 Å². The molecule has 0 spiro atoms. The maximum atomic E-state index is 11.5. The predicted molar refractivity (Wildman–Crippen MR) is 63.2 cm³/mol. The number of carbonyl (C=O) groups excluding carboxylic acids is 2. The highest BCUT2D eigenvalue weighted by atomic mass is 16.2. The van der Waals surface area contributed by atoms with E-state index in [4.69, 9.17) is 0 Å². The maximum Gasteiger partial charge on any atom is 0.222 e. The molecule has 1 heterocycles. The van der Waals surface area contributed by atoms with Crippen LogP contribution in [0.3, 0.4) is 0 Å². The van der Waals surface area contributed by atoms with Crippen molar-refractivity contribution in [2.24, 2.45) is 0 Å². The first kappa shape index (κ1) is 13.2. The lowest BCUT2D eigenvalue weighted by atomic mass is 10.1. The van der Waals surface area contributed by atoms with Gasteiger partial charge in [0.25, 0.3) is 0 Å². The van der Waals surface area contributed by atoms with Crippen LogP contribution in [0.2, 0.25) is 0 Å². The number of piperidine rings is 1. The van der Waals surface area contributed by atoms with E-state index >= 15 is 0 Å². The quantitative estimate of drug-likeness (QED) is 0.632. The number of aldehydes is 1. The molecule has 4 nitrogen and oxygen atoms in total. The third kappa shape index (κ3) is 4.75. The summed E-state index contributed by atoms with van der Waals surface area (Å²) in [5.41, 5.74) is 0. The van der Waals surface area contributed by atoms with Gasteiger partial charge in [-0.2, -0.15) is 0 Å². The van der Waals surface area contributed by atoms with Crippen molar-refractivity contribution in [3.63, 3.8) is 0 Å². The maximum absolute atomic E-state index is 11.5. The van der Waals surface area contributed by atoms with Crippen LogP contribution >= 0.6 is 0 Å². The third-order valence-corrected chi connectivity index (χ3v) is 3.10. The molecule has 0 saturated carbocycles. The smallest absolute Gasteiger partial charge is 0.222 e. The Morgan fingerprint density at radius 1 is 1.31 bits per heavy atom. The SMILES string of the molecule is CN(CCN1CCCCC1)C(=O)CCC=O. The fraction of sp³-hybridized carbons (Fsp3) is 0.833. The molecule has 0 aromatic carbocycles. The van der Waals surface area contributed by atoms with Crippen molar-refractivity contribution in [1.29, 1.82) is 0 Å². The highest BCUT2D eigenvalue weighted by Crippen LogP contribution is 2.08. The fourth-order valence-electron chi connectivity index (χ4n) is 1.97. The van der Waals surface area contributed by atoms with Gasteiger partial charge >= 0.3 is 0 Å². The minimum Gasteiger partial charge on any atom is -0.344 e. The van der Waals surface area contributed by atoms with E-state index in [9.17, 15) is 9.59 Å². The second kappa shape index (κ2) is 7.39. The molecule has 1 aliphatic rings. The summed E-state index contributed by atoms with van der Waals surface area (Å²) in [6.45, 7) is 4.06. The van der Waals surface area contributed by atoms with Crippen molar-refractivity contribution in [3.05, 3.63) is 0 Å². The van der Waals surface area contributed by atoms with Crippen LogP contribution in [0.5, 0.6) is 0 Å². The molecule has 0 bridgehead atoms. The number of carbonyl (C=O) groups is 2. The zero-order valence-electron chi connectivity index (χ0n) is 10.2. The normalized spacial score (nSPS) is 17.1. The summed E-state index contributed by atoms with van der Waals surface area (Å²) in [4.78, 5) is 25.8. The van der Waals surface area contributed by atoms with Crippen molar-refractivity contribution < 1.29 is 9.59 Å². The summed E-state index contributed by atoms with van der Waals surface area (Å²) < 4.78 is 0. The summed E-state index contributed by atoms with van der Waals surface area (Å²) in [5.74, 6) is 0.0732. The van der Waals surface area contributed by atoms with Gasteiger partial charge in [0.2, 0.25) is 5.91 Å². The second-order valence-electron chi connectivity index (χ2n) is 4.42. The summed E-state index contributed by atoms with van der Waals surface area (Å²) in [6.07, 6.45) is 5.39. The van der Waals surface area contributed by atoms with Gasteiger partial charge in [-0.05, 0) is 25.9 Å². The topological polar surface area (TPSA) is 40.6 Å². The molecular formula is C12H22N2O2. The van der Waals surface area contributed by atoms with Crippen LogP contribution < -0.4 is 0 Å². The molecule has 0 aromatic heterocycles. The van der Waals surface area contributed by atoms with Crippen molar-refractivity contribution in [1.82, 2.24) is 9.80 Å². The standard InChI is InChI=1S/C12H22N2O2/c1-13(12(16)6-5-11-15)9-10-14-7-3-2-4-8-14/h11H,2-10H2,1H3. The van der Waals surface area contributed by atoms with Crippen molar-refractivity contribution in [2.45, 2.75) is 32.1 Å². The van der Waals surface area contributed by atoms with E-state index in [1.165, 1.54) is 19.3 Å². The molecule has 0 aliphatic carbocycles. The Balaban J connectivity index is 2.15. The monoisotopic (exact) mass is 226 g/mol. The summed E-state index contributed by atoms with van der Waals surface area (Å²) >= 11 is 0. The molecule has 16 heavy (non-hydrogen) atoms. The van der Waals surface area contributed by atoms with E-state index < -0.39 is 0 Å². The van der Waals surface area contributed by atoms with Crippen LogP contribution in [0.15, 0.2) is 0 Å². The Labute approximate surface area is 97.6 Å². The zero-order chi connectivity index (χ0) is 11.8. The average molecular weight is 226 g/mol. The van der Waals surface area contributed by atoms with Gasteiger partial charge in [0.1, 0.15) is 6.29 Å². The number of hydrogen-bond acceptors (Lipinski definition) is 3. The molecule has 0 atom stereocenters. The van der Waals surface area contributed by atoms with Crippen LogP contribution in [0.4, 0.5) is 0 Å². The fourth-order valence-corrected chi connectivity index (χ4v) is 1.97. The molecule has 92 valence electrons. The molecule has 1 amide bonds. The highest BCUT2D eigenvalue weighted by molar-refractivity contribution is 5.77. The van der Waals surface area contributed by atoms with Gasteiger partial charge < -0.3 is 14.6 Å². The van der Waals surface area contributed by atoms with E-state index in [2.05, 4.69) is 4.90 Å². The molecule has 1 rings (SSSR count). The van der Waals surface area contributed by atoms with E-state index in [-0.39, 0.29) is 5.91 Å². The van der Waals surface area contributed by atoms with Gasteiger partial charge in [0.15, 0.2) is 0 Å². The van der Waals surface area contributed by atoms with Crippen LogP contribution in [-0.4, -0.2) is 55.2 Å². The molecule has 1 aliphatic heterocycles. The average Bonchev–Trinajstić information content (AvgIpc) is 2.34. The number of likely N-dealkylation sites (N-methyl/N-ethyl adjacent to an activating group) is 1. The minimum atomic E-state index is 0.0732. The van der Waals surface area contributed by atoms with Crippen LogP contribution in [0.25, 0.3) is 0 Å². The Morgan fingerprint density at radius 3 is 2.62 bits per heavy atom. The lowest BCUT2D eigenvalue weighted by Crippen LogP contribution is -2.38. The first-order valence-electron chi connectivity index (χ1n) is 6.14. The lowest BCUT2D eigenvalue weighted by molar-refractivity contribution is -0.131. The summed E-state index contributed by atoms with van der Waals surface area (Å²) in [5, 5.41) is 0. The zero-order valence-corrected chi connectivity index (χ0v) is 10.2. The first-order chi connectivity index (χ1) is 7.74. The van der Waals surface area contributed by atoms with Gasteiger partial charge in [0.05, 0.1) is 0 Å². The predicted octanol–water partition coefficient (Wildman–Crippen LogP) is 0.910. The van der Waals surface area contributed by atoms with Crippen molar-refractivity contribution >= 4 is 12.2 Å². The molecule has 0 unspecified atom stereocenters. The van der Waals surface area contributed by atoms with Gasteiger partial charge in [-0.15, -0.1) is 0 Å². The summed E-state index contributed by atoms with van der Waals surface area (Å²) in [6, 6.07) is 0. The molecule has 0 radical (unpaired) electrons. The molecule has 0 aromatic rings. The lowest BCUT2D eigenvalue weighted by Gasteiger charge is -2.28. The van der Waals surface area contributed by atoms with E-state index in [0.717, 1.165) is 32.5 Å². The van der Waals surface area contributed by atoms with Crippen LogP contribution in [0, 0.1) is 0 Å². The van der Waals surface area contributed by atoms with Crippen molar-refractivity contribution in [2.75, 3.05) is 33.2 Å². The first-order valence-corrected chi connectivity index (χ1v) is 6.14. The van der Waals surface area contributed by atoms with E-state index in [1.807, 2.05) is 7.05 Å².